The summed E-state index contributed by atoms with van der Waals surface area (Å²) in [5.74, 6) is -0.304. The van der Waals surface area contributed by atoms with E-state index in [-0.39, 0.29) is 6.42 Å². The molecule has 0 atom stereocenters. The molecule has 1 saturated carbocycles. The number of aromatic nitrogens is 4. The quantitative estimate of drug-likeness (QED) is 0.221. The number of benzene rings is 3. The number of thiazole rings is 1. The Balaban J connectivity index is 1.35. The Labute approximate surface area is 239 Å². The molecule has 7 rings (SSSR count). The Morgan fingerprint density at radius 1 is 1.05 bits per heavy atom. The topological polar surface area (TPSA) is 80.9 Å². The lowest BCUT2D eigenvalue weighted by molar-refractivity contribution is -0.136. The molecule has 6 nitrogen and oxygen atoms in total. The number of halogens is 1. The number of hydrogen-bond donors (Lipinski definition) is 1. The van der Waals surface area contributed by atoms with Gasteiger partial charge in [0.25, 0.3) is 0 Å². The van der Waals surface area contributed by atoms with Crippen LogP contribution < -0.4 is 0 Å². The second-order valence-electron chi connectivity index (χ2n) is 10.4. The standard InChI is InChI=1S/C32H25ClN4O2S/c1-17-13-26-31(29(23(17)16-28(38)39)18-5-8-22(33)9-6-18)40-32(35-26)21-11-12-34-25(15-21)20-7-10-27-24(14-20)30(19-3-4-19)36-37(27)2/h5-15,19H,3-4,16H2,1-2H3,(H,38,39). The molecule has 6 aromatic rings. The zero-order valence-electron chi connectivity index (χ0n) is 22.0. The van der Waals surface area contributed by atoms with E-state index >= 15 is 0 Å². The second kappa shape index (κ2) is 9.54. The van der Waals surface area contributed by atoms with E-state index in [1.807, 2.05) is 61.2 Å². The molecule has 1 fully saturated rings. The molecule has 198 valence electrons. The van der Waals surface area contributed by atoms with Crippen LogP contribution in [0, 0.1) is 6.92 Å². The van der Waals surface area contributed by atoms with Gasteiger partial charge in [0.1, 0.15) is 5.01 Å². The molecular formula is C32H25ClN4O2S. The summed E-state index contributed by atoms with van der Waals surface area (Å²) < 4.78 is 2.93. The minimum atomic E-state index is -0.864. The highest BCUT2D eigenvalue weighted by molar-refractivity contribution is 7.22. The molecule has 3 heterocycles. The number of fused-ring (bicyclic) bond motifs is 2. The molecule has 8 heteroatoms. The van der Waals surface area contributed by atoms with E-state index in [1.54, 1.807) is 11.3 Å². The molecular weight excluding hydrogens is 540 g/mol. The average Bonchev–Trinajstić information content (AvgIpc) is 3.62. The van der Waals surface area contributed by atoms with Crippen LogP contribution in [0.25, 0.3) is 54.1 Å². The van der Waals surface area contributed by atoms with Crippen molar-refractivity contribution in [2.24, 2.45) is 7.05 Å². The number of aliphatic carboxylic acids is 1. The van der Waals surface area contributed by atoms with E-state index < -0.39 is 5.97 Å². The number of carboxylic acid groups (broad SMARTS) is 1. The van der Waals surface area contributed by atoms with Gasteiger partial charge in [0.2, 0.25) is 0 Å². The molecule has 0 unspecified atom stereocenters. The van der Waals surface area contributed by atoms with Gasteiger partial charge in [-0.3, -0.25) is 14.5 Å². The van der Waals surface area contributed by atoms with Crippen LogP contribution in [-0.4, -0.2) is 30.8 Å². The van der Waals surface area contributed by atoms with Crippen LogP contribution in [0.1, 0.15) is 35.6 Å². The molecule has 1 N–H and O–H groups in total. The molecule has 40 heavy (non-hydrogen) atoms. The van der Waals surface area contributed by atoms with Gasteiger partial charge < -0.3 is 5.11 Å². The molecule has 3 aromatic heterocycles. The van der Waals surface area contributed by atoms with Crippen LogP contribution in [-0.2, 0) is 18.3 Å². The van der Waals surface area contributed by atoms with Gasteiger partial charge in [-0.15, -0.1) is 11.3 Å². The first-order valence-corrected chi connectivity index (χ1v) is 14.4. The number of nitrogens with zero attached hydrogens (tertiary/aromatic N) is 4. The molecule has 1 aliphatic carbocycles. The third-order valence-corrected chi connectivity index (χ3v) is 9.01. The van der Waals surface area contributed by atoms with Crippen molar-refractivity contribution in [2.45, 2.75) is 32.1 Å². The average molecular weight is 565 g/mol. The summed E-state index contributed by atoms with van der Waals surface area (Å²) in [5.41, 5.74) is 9.60. The van der Waals surface area contributed by atoms with Crippen LogP contribution in [0.4, 0.5) is 0 Å². The summed E-state index contributed by atoms with van der Waals surface area (Å²) in [5, 5.41) is 17.2. The molecule has 0 aliphatic heterocycles. The van der Waals surface area contributed by atoms with E-state index in [0.29, 0.717) is 10.9 Å². The Hall–Kier alpha value is -4.07. The largest absolute Gasteiger partial charge is 0.481 e. The molecule has 1 aliphatic rings. The van der Waals surface area contributed by atoms with Gasteiger partial charge in [0.05, 0.1) is 33.5 Å². The van der Waals surface area contributed by atoms with Gasteiger partial charge in [0.15, 0.2) is 0 Å². The Kier molecular flexibility index (Phi) is 5.95. The van der Waals surface area contributed by atoms with Crippen molar-refractivity contribution < 1.29 is 9.90 Å². The predicted octanol–water partition coefficient (Wildman–Crippen LogP) is 8.05. The van der Waals surface area contributed by atoms with Gasteiger partial charge in [-0.2, -0.15) is 5.10 Å². The van der Waals surface area contributed by atoms with Crippen molar-refractivity contribution in [3.05, 3.63) is 88.7 Å². The van der Waals surface area contributed by atoms with Crippen molar-refractivity contribution in [1.29, 1.82) is 0 Å². The SMILES string of the molecule is Cc1cc2nc(-c3ccnc(-c4ccc5c(c4)c(C4CC4)nn5C)c3)sc2c(-c2ccc(Cl)cc2)c1CC(=O)O. The number of rotatable bonds is 6. The van der Waals surface area contributed by atoms with Crippen molar-refractivity contribution in [2.75, 3.05) is 0 Å². The monoisotopic (exact) mass is 564 g/mol. The number of carboxylic acids is 1. The Morgan fingerprint density at radius 2 is 1.82 bits per heavy atom. The molecule has 0 saturated heterocycles. The third-order valence-electron chi connectivity index (χ3n) is 7.62. The van der Waals surface area contributed by atoms with E-state index in [1.165, 1.54) is 23.9 Å². The highest BCUT2D eigenvalue weighted by Crippen LogP contribution is 2.44. The van der Waals surface area contributed by atoms with Gasteiger partial charge in [-0.05, 0) is 78.9 Å². The van der Waals surface area contributed by atoms with Crippen molar-refractivity contribution in [1.82, 2.24) is 19.7 Å². The lowest BCUT2D eigenvalue weighted by Crippen LogP contribution is -2.04. The first kappa shape index (κ1) is 24.9. The summed E-state index contributed by atoms with van der Waals surface area (Å²) in [6, 6.07) is 20.0. The fraction of sp³-hybridized carbons (Fsp3) is 0.188. The summed E-state index contributed by atoms with van der Waals surface area (Å²) in [4.78, 5) is 21.5. The van der Waals surface area contributed by atoms with Crippen molar-refractivity contribution in [3.8, 4) is 33.0 Å². The Morgan fingerprint density at radius 3 is 2.58 bits per heavy atom. The lowest BCUT2D eigenvalue weighted by atomic mass is 9.93. The maximum atomic E-state index is 11.8. The minimum absolute atomic E-state index is 0.0635. The summed E-state index contributed by atoms with van der Waals surface area (Å²) >= 11 is 7.74. The normalized spacial score (nSPS) is 13.4. The fourth-order valence-electron chi connectivity index (χ4n) is 5.49. The second-order valence-corrected chi connectivity index (χ2v) is 11.9. The summed E-state index contributed by atoms with van der Waals surface area (Å²) in [7, 11) is 2.00. The van der Waals surface area contributed by atoms with Crippen LogP contribution in [0.3, 0.4) is 0 Å². The maximum Gasteiger partial charge on any atom is 0.307 e. The van der Waals surface area contributed by atoms with Crippen LogP contribution in [0.15, 0.2) is 66.9 Å². The molecule has 0 bridgehead atoms. The van der Waals surface area contributed by atoms with E-state index in [9.17, 15) is 9.90 Å². The number of carbonyl (C=O) groups is 1. The van der Waals surface area contributed by atoms with E-state index in [4.69, 9.17) is 26.7 Å². The zero-order valence-corrected chi connectivity index (χ0v) is 23.6. The van der Waals surface area contributed by atoms with E-state index in [0.717, 1.165) is 59.8 Å². The third kappa shape index (κ3) is 4.35. The highest BCUT2D eigenvalue weighted by atomic mass is 35.5. The molecule has 0 amide bonds. The highest BCUT2D eigenvalue weighted by Gasteiger charge is 2.29. The number of hydrogen-bond acceptors (Lipinski definition) is 5. The zero-order chi connectivity index (χ0) is 27.5. The number of aryl methyl sites for hydroxylation is 2. The summed E-state index contributed by atoms with van der Waals surface area (Å²) in [6.45, 7) is 1.95. The van der Waals surface area contributed by atoms with Crippen molar-refractivity contribution >= 4 is 50.0 Å². The van der Waals surface area contributed by atoms with Gasteiger partial charge in [-0.25, -0.2) is 4.98 Å². The van der Waals surface area contributed by atoms with Crippen LogP contribution in [0.2, 0.25) is 5.02 Å². The first-order valence-electron chi connectivity index (χ1n) is 13.2. The minimum Gasteiger partial charge on any atom is -0.481 e. The fourth-order valence-corrected chi connectivity index (χ4v) is 6.75. The summed E-state index contributed by atoms with van der Waals surface area (Å²) in [6.07, 6.45) is 4.17. The molecule has 0 radical (unpaired) electrons. The van der Waals surface area contributed by atoms with E-state index in [2.05, 4.69) is 24.3 Å². The Bertz CT molecular complexity index is 1950. The maximum absolute atomic E-state index is 11.8. The predicted molar refractivity (Wildman–Crippen MR) is 161 cm³/mol. The van der Waals surface area contributed by atoms with Gasteiger partial charge in [-0.1, -0.05) is 29.8 Å². The molecule has 3 aromatic carbocycles. The first-order chi connectivity index (χ1) is 19.4. The molecule has 0 spiro atoms. The van der Waals surface area contributed by atoms with Crippen molar-refractivity contribution in [3.63, 3.8) is 0 Å². The lowest BCUT2D eigenvalue weighted by Gasteiger charge is -2.13. The van der Waals surface area contributed by atoms with Gasteiger partial charge >= 0.3 is 5.97 Å². The number of pyridine rings is 1. The van der Waals surface area contributed by atoms with Gasteiger partial charge in [0, 0.05) is 46.3 Å². The smallest absolute Gasteiger partial charge is 0.307 e. The van der Waals surface area contributed by atoms with Crippen LogP contribution >= 0.6 is 22.9 Å². The van der Waals surface area contributed by atoms with Crippen LogP contribution in [0.5, 0.6) is 0 Å².